The van der Waals surface area contributed by atoms with Crippen LogP contribution in [-0.4, -0.2) is 25.5 Å². The van der Waals surface area contributed by atoms with Crippen LogP contribution >= 0.6 is 0 Å². The first-order chi connectivity index (χ1) is 12.3. The fourth-order valence-corrected chi connectivity index (χ4v) is 4.95. The number of likely N-dealkylation sites (N-methyl/N-ethyl adjacent to an activating group) is 1. The molecule has 0 spiro atoms. The van der Waals surface area contributed by atoms with Crippen LogP contribution in [0, 0.1) is 0 Å². The maximum Gasteiger partial charge on any atom is 0.231 e. The Bertz CT molecular complexity index is 894. The second-order valence-corrected chi connectivity index (χ2v) is 7.28. The van der Waals surface area contributed by atoms with Crippen molar-refractivity contribution in [1.29, 1.82) is 0 Å². The van der Waals surface area contributed by atoms with Crippen molar-refractivity contribution in [3.63, 3.8) is 0 Å². The van der Waals surface area contributed by atoms with Gasteiger partial charge in [-0.2, -0.15) is 0 Å². The average molecular weight is 337 g/mol. The topological polar surface area (TPSA) is 40.2 Å². The second kappa shape index (κ2) is 4.82. The van der Waals surface area contributed by atoms with Gasteiger partial charge < -0.3 is 18.9 Å². The molecule has 0 N–H and O–H groups in total. The maximum absolute atomic E-state index is 5.77. The predicted molar refractivity (Wildman–Crippen MR) is 90.4 cm³/mol. The lowest BCUT2D eigenvalue weighted by atomic mass is 9.72. The first kappa shape index (κ1) is 13.8. The van der Waals surface area contributed by atoms with Crippen LogP contribution in [0.4, 0.5) is 0 Å². The number of aryl methyl sites for hydroxylation is 1. The minimum Gasteiger partial charge on any atom is -0.454 e. The van der Waals surface area contributed by atoms with Gasteiger partial charge >= 0.3 is 0 Å². The minimum absolute atomic E-state index is 0.328. The number of rotatable bonds is 0. The molecule has 2 aromatic rings. The van der Waals surface area contributed by atoms with Crippen molar-refractivity contribution >= 4 is 0 Å². The monoisotopic (exact) mass is 337 g/mol. The molecule has 6 rings (SSSR count). The molecule has 3 aliphatic heterocycles. The number of hydrogen-bond acceptors (Lipinski definition) is 5. The van der Waals surface area contributed by atoms with Gasteiger partial charge in [-0.05, 0) is 54.8 Å². The summed E-state index contributed by atoms with van der Waals surface area (Å²) >= 11 is 0. The minimum atomic E-state index is 0.328. The van der Waals surface area contributed by atoms with E-state index >= 15 is 0 Å². The van der Waals surface area contributed by atoms with E-state index in [1.54, 1.807) is 0 Å². The number of ether oxygens (including phenoxy) is 4. The summed E-state index contributed by atoms with van der Waals surface area (Å²) in [4.78, 5) is 2.44. The molecule has 25 heavy (non-hydrogen) atoms. The molecule has 0 saturated heterocycles. The molecule has 2 aromatic carbocycles. The Morgan fingerprint density at radius 3 is 2.64 bits per heavy atom. The molecule has 128 valence electrons. The highest BCUT2D eigenvalue weighted by atomic mass is 16.7. The van der Waals surface area contributed by atoms with Gasteiger partial charge in [-0.25, -0.2) is 0 Å². The molecule has 0 aromatic heterocycles. The average Bonchev–Trinajstić information content (AvgIpc) is 3.28. The smallest absolute Gasteiger partial charge is 0.231 e. The molecule has 3 heterocycles. The summed E-state index contributed by atoms with van der Waals surface area (Å²) in [7, 11) is 2.20. The highest BCUT2D eigenvalue weighted by molar-refractivity contribution is 5.57. The molecule has 1 aliphatic carbocycles. The summed E-state index contributed by atoms with van der Waals surface area (Å²) in [6.45, 7) is 1.53. The van der Waals surface area contributed by atoms with Gasteiger partial charge in [-0.3, -0.25) is 4.90 Å². The number of nitrogens with zero attached hydrogens (tertiary/aromatic N) is 1. The van der Waals surface area contributed by atoms with Gasteiger partial charge in [0.05, 0.1) is 0 Å². The van der Waals surface area contributed by atoms with Gasteiger partial charge in [-0.15, -0.1) is 0 Å². The van der Waals surface area contributed by atoms with Crippen LogP contribution in [0.1, 0.15) is 40.6 Å². The molecule has 2 atom stereocenters. The van der Waals surface area contributed by atoms with Gasteiger partial charge in [0.25, 0.3) is 0 Å². The standard InChI is InChI=1S/C20H19NO4/c1-21-8-15-12(4-5-16-20(15)25-10-22-16)13-3-2-11-6-17-18(24-9-23-17)7-14(11)19(13)21/h4-7,13,19H,2-3,8-10H2,1H3/t13-,19?/m1/s1. The lowest BCUT2D eigenvalue weighted by Gasteiger charge is -2.44. The van der Waals surface area contributed by atoms with Crippen molar-refractivity contribution in [3.8, 4) is 23.0 Å². The molecule has 1 unspecified atom stereocenters. The van der Waals surface area contributed by atoms with Gasteiger partial charge in [0.2, 0.25) is 13.6 Å². The van der Waals surface area contributed by atoms with Crippen molar-refractivity contribution in [1.82, 2.24) is 4.90 Å². The fourth-order valence-electron chi connectivity index (χ4n) is 4.95. The first-order valence-corrected chi connectivity index (χ1v) is 8.83. The van der Waals surface area contributed by atoms with Crippen molar-refractivity contribution in [2.24, 2.45) is 0 Å². The summed E-state index contributed by atoms with van der Waals surface area (Å²) in [5.41, 5.74) is 5.48. The highest BCUT2D eigenvalue weighted by Crippen LogP contribution is 2.53. The third kappa shape index (κ3) is 1.82. The molecule has 0 bridgehead atoms. The number of fused-ring (bicyclic) bond motifs is 8. The van der Waals surface area contributed by atoms with E-state index in [0.29, 0.717) is 25.5 Å². The highest BCUT2D eigenvalue weighted by Gasteiger charge is 2.41. The molecule has 4 aliphatic rings. The Morgan fingerprint density at radius 2 is 1.72 bits per heavy atom. The normalized spacial score (nSPS) is 25.3. The van der Waals surface area contributed by atoms with Crippen LogP contribution in [-0.2, 0) is 13.0 Å². The van der Waals surface area contributed by atoms with Gasteiger partial charge in [0, 0.05) is 24.1 Å². The third-order valence-corrected chi connectivity index (χ3v) is 6.02. The van der Waals surface area contributed by atoms with E-state index < -0.39 is 0 Å². The lowest BCUT2D eigenvalue weighted by molar-refractivity contribution is 0.157. The Labute approximate surface area is 146 Å². The van der Waals surface area contributed by atoms with Crippen LogP contribution in [0.5, 0.6) is 23.0 Å². The summed E-state index contributed by atoms with van der Waals surface area (Å²) in [5, 5.41) is 0. The Kier molecular flexibility index (Phi) is 2.67. The first-order valence-electron chi connectivity index (χ1n) is 8.83. The Balaban J connectivity index is 1.50. The summed E-state index contributed by atoms with van der Waals surface area (Å²) in [5.74, 6) is 4.06. The molecule has 5 nitrogen and oxygen atoms in total. The summed E-state index contributed by atoms with van der Waals surface area (Å²) in [6, 6.07) is 9.05. The molecular weight excluding hydrogens is 318 g/mol. The van der Waals surface area contributed by atoms with Crippen molar-refractivity contribution in [2.75, 3.05) is 20.6 Å². The molecular formula is C20H19NO4. The summed E-state index contributed by atoms with van der Waals surface area (Å²) < 4.78 is 22.5. The number of hydrogen-bond donors (Lipinski definition) is 0. The van der Waals surface area contributed by atoms with Crippen molar-refractivity contribution in [2.45, 2.75) is 31.3 Å². The van der Waals surface area contributed by atoms with E-state index in [-0.39, 0.29) is 0 Å². The zero-order chi connectivity index (χ0) is 16.5. The van der Waals surface area contributed by atoms with Crippen LogP contribution in [0.3, 0.4) is 0 Å². The number of benzene rings is 2. The van der Waals surface area contributed by atoms with E-state index in [1.165, 1.54) is 22.3 Å². The quantitative estimate of drug-likeness (QED) is 0.737. The van der Waals surface area contributed by atoms with Crippen LogP contribution in [0.15, 0.2) is 24.3 Å². The summed E-state index contributed by atoms with van der Waals surface area (Å²) in [6.07, 6.45) is 2.20. The van der Waals surface area contributed by atoms with Gasteiger partial charge in [0.15, 0.2) is 23.0 Å². The predicted octanol–water partition coefficient (Wildman–Crippen LogP) is 3.36. The fraction of sp³-hybridized carbons (Fsp3) is 0.400. The second-order valence-electron chi connectivity index (χ2n) is 7.28. The van der Waals surface area contributed by atoms with Crippen molar-refractivity contribution < 1.29 is 18.9 Å². The van der Waals surface area contributed by atoms with Gasteiger partial charge in [0.1, 0.15) is 0 Å². The van der Waals surface area contributed by atoms with E-state index in [0.717, 1.165) is 42.4 Å². The third-order valence-electron chi connectivity index (χ3n) is 6.02. The zero-order valence-corrected chi connectivity index (χ0v) is 14.1. The SMILES string of the molecule is CN1Cc2c(ccc3c2OCO3)[C@H]2CCc3cc4c(cc3C21)OCO4. The van der Waals surface area contributed by atoms with Crippen LogP contribution in [0.2, 0.25) is 0 Å². The van der Waals surface area contributed by atoms with Crippen LogP contribution in [0.25, 0.3) is 0 Å². The van der Waals surface area contributed by atoms with E-state index in [4.69, 9.17) is 18.9 Å². The lowest BCUT2D eigenvalue weighted by Crippen LogP contribution is -2.37. The maximum atomic E-state index is 5.77. The van der Waals surface area contributed by atoms with E-state index in [1.807, 2.05) is 0 Å². The largest absolute Gasteiger partial charge is 0.454 e. The molecule has 0 amide bonds. The molecule has 5 heteroatoms. The van der Waals surface area contributed by atoms with E-state index in [9.17, 15) is 0 Å². The zero-order valence-electron chi connectivity index (χ0n) is 14.1. The molecule has 0 fully saturated rings. The van der Waals surface area contributed by atoms with E-state index in [2.05, 4.69) is 36.2 Å². The van der Waals surface area contributed by atoms with Crippen molar-refractivity contribution in [3.05, 3.63) is 46.5 Å². The van der Waals surface area contributed by atoms with Crippen LogP contribution < -0.4 is 18.9 Å². The Morgan fingerprint density at radius 1 is 0.920 bits per heavy atom. The van der Waals surface area contributed by atoms with Gasteiger partial charge in [-0.1, -0.05) is 6.07 Å². The molecule has 0 radical (unpaired) electrons. The Hall–Kier alpha value is -2.40. The molecule has 0 saturated carbocycles.